The molecule has 0 saturated heterocycles. The zero-order chi connectivity index (χ0) is 13.1. The van der Waals surface area contributed by atoms with E-state index in [4.69, 9.17) is 11.6 Å². The molecule has 0 atom stereocenters. The summed E-state index contributed by atoms with van der Waals surface area (Å²) in [5, 5.41) is 3.49. The molecule has 0 aliphatic carbocycles. The molecular formula is C13H9BrClF2N. The van der Waals surface area contributed by atoms with Crippen molar-refractivity contribution in [3.05, 3.63) is 63.1 Å². The van der Waals surface area contributed by atoms with E-state index in [9.17, 15) is 8.78 Å². The number of hydrogen-bond acceptors (Lipinski definition) is 1. The Morgan fingerprint density at radius 2 is 1.94 bits per heavy atom. The van der Waals surface area contributed by atoms with Crippen molar-refractivity contribution in [1.82, 2.24) is 0 Å². The average Bonchev–Trinajstić information content (AvgIpc) is 2.34. The molecular weight excluding hydrogens is 324 g/mol. The fourth-order valence-electron chi connectivity index (χ4n) is 1.52. The third-order valence-electron chi connectivity index (χ3n) is 2.43. The molecule has 0 aliphatic heterocycles. The quantitative estimate of drug-likeness (QED) is 0.781. The van der Waals surface area contributed by atoms with Gasteiger partial charge in [-0.3, -0.25) is 0 Å². The first kappa shape index (κ1) is 13.3. The maximum atomic E-state index is 13.7. The van der Waals surface area contributed by atoms with Crippen LogP contribution in [0.3, 0.4) is 0 Å². The Kier molecular flexibility index (Phi) is 4.19. The van der Waals surface area contributed by atoms with Crippen LogP contribution in [-0.2, 0) is 6.54 Å². The molecule has 0 saturated carbocycles. The van der Waals surface area contributed by atoms with Crippen molar-refractivity contribution in [2.45, 2.75) is 6.54 Å². The van der Waals surface area contributed by atoms with Gasteiger partial charge in [0.25, 0.3) is 0 Å². The van der Waals surface area contributed by atoms with Crippen LogP contribution in [-0.4, -0.2) is 0 Å². The second-order valence-electron chi connectivity index (χ2n) is 3.69. The van der Waals surface area contributed by atoms with Gasteiger partial charge < -0.3 is 5.32 Å². The van der Waals surface area contributed by atoms with Gasteiger partial charge in [-0.1, -0.05) is 17.7 Å². The van der Waals surface area contributed by atoms with E-state index < -0.39 is 11.6 Å². The van der Waals surface area contributed by atoms with Crippen LogP contribution >= 0.6 is 27.5 Å². The molecule has 2 rings (SSSR count). The Bertz CT molecular complexity index is 575. The lowest BCUT2D eigenvalue weighted by Crippen LogP contribution is -2.05. The molecule has 0 aliphatic rings. The minimum Gasteiger partial charge on any atom is -0.381 e. The van der Waals surface area contributed by atoms with Crippen LogP contribution in [0, 0.1) is 11.6 Å². The van der Waals surface area contributed by atoms with Gasteiger partial charge in [0.1, 0.15) is 11.6 Å². The summed E-state index contributed by atoms with van der Waals surface area (Å²) in [6, 6.07) is 9.52. The Balaban J connectivity index is 2.18. The Labute approximate surface area is 117 Å². The number of halogens is 4. The summed E-state index contributed by atoms with van der Waals surface area (Å²) in [5.41, 5.74) is 0.700. The lowest BCUT2D eigenvalue weighted by molar-refractivity contribution is 0.556. The first-order valence-electron chi connectivity index (χ1n) is 5.20. The fraction of sp³-hybridized carbons (Fsp3) is 0.0769. The van der Waals surface area contributed by atoms with Crippen molar-refractivity contribution >= 4 is 33.2 Å². The van der Waals surface area contributed by atoms with Crippen LogP contribution < -0.4 is 5.32 Å². The monoisotopic (exact) mass is 331 g/mol. The molecule has 0 heterocycles. The predicted octanol–water partition coefficient (Wildman–Crippen LogP) is 4.99. The molecule has 1 N–H and O–H groups in total. The van der Waals surface area contributed by atoms with Gasteiger partial charge in [0.05, 0.1) is 4.47 Å². The highest BCUT2D eigenvalue weighted by Crippen LogP contribution is 2.23. The van der Waals surface area contributed by atoms with Gasteiger partial charge >= 0.3 is 0 Å². The standard InChI is InChI=1S/C13H9BrClF2N/c14-11-4-5-12(16)10(13(11)17)7-18-9-3-1-2-8(15)6-9/h1-6,18H,7H2. The molecule has 2 aromatic rings. The zero-order valence-electron chi connectivity index (χ0n) is 9.18. The SMILES string of the molecule is Fc1ccc(Br)c(F)c1CNc1cccc(Cl)c1. The largest absolute Gasteiger partial charge is 0.381 e. The van der Waals surface area contributed by atoms with Crippen LogP contribution in [0.4, 0.5) is 14.5 Å². The summed E-state index contributed by atoms with van der Waals surface area (Å²) in [5.74, 6) is -1.17. The van der Waals surface area contributed by atoms with Crippen LogP contribution in [0.15, 0.2) is 40.9 Å². The number of anilines is 1. The van der Waals surface area contributed by atoms with Crippen LogP contribution in [0.2, 0.25) is 5.02 Å². The first-order chi connectivity index (χ1) is 8.58. The number of nitrogens with one attached hydrogen (secondary N) is 1. The average molecular weight is 333 g/mol. The Morgan fingerprint density at radius 1 is 1.17 bits per heavy atom. The lowest BCUT2D eigenvalue weighted by atomic mass is 10.2. The van der Waals surface area contributed by atoms with Crippen molar-refractivity contribution in [2.75, 3.05) is 5.32 Å². The highest BCUT2D eigenvalue weighted by Gasteiger charge is 2.11. The molecule has 1 nitrogen and oxygen atoms in total. The lowest BCUT2D eigenvalue weighted by Gasteiger charge is -2.09. The summed E-state index contributed by atoms with van der Waals surface area (Å²) in [6.07, 6.45) is 0. The molecule has 0 amide bonds. The van der Waals surface area contributed by atoms with Gasteiger partial charge in [0, 0.05) is 22.8 Å². The van der Waals surface area contributed by atoms with Crippen molar-refractivity contribution in [1.29, 1.82) is 0 Å². The van der Waals surface area contributed by atoms with Gasteiger partial charge in [-0.25, -0.2) is 8.78 Å². The summed E-state index contributed by atoms with van der Waals surface area (Å²) in [7, 11) is 0. The van der Waals surface area contributed by atoms with Gasteiger partial charge in [-0.2, -0.15) is 0 Å². The van der Waals surface area contributed by atoms with Crippen LogP contribution in [0.1, 0.15) is 5.56 Å². The van der Waals surface area contributed by atoms with Crippen molar-refractivity contribution < 1.29 is 8.78 Å². The summed E-state index contributed by atoms with van der Waals surface area (Å²) in [4.78, 5) is 0. The molecule has 0 radical (unpaired) electrons. The fourth-order valence-corrected chi connectivity index (χ4v) is 2.08. The smallest absolute Gasteiger partial charge is 0.145 e. The highest BCUT2D eigenvalue weighted by molar-refractivity contribution is 9.10. The van der Waals surface area contributed by atoms with Crippen molar-refractivity contribution in [3.63, 3.8) is 0 Å². The minimum absolute atomic E-state index is 0.00986. The minimum atomic E-state index is -0.593. The van der Waals surface area contributed by atoms with Crippen molar-refractivity contribution in [2.24, 2.45) is 0 Å². The van der Waals surface area contributed by atoms with Gasteiger partial charge in [0.15, 0.2) is 0 Å². The molecule has 0 spiro atoms. The number of benzene rings is 2. The maximum Gasteiger partial charge on any atom is 0.145 e. The van der Waals surface area contributed by atoms with Gasteiger partial charge in [-0.05, 0) is 46.3 Å². The van der Waals surface area contributed by atoms with Crippen LogP contribution in [0.5, 0.6) is 0 Å². The van der Waals surface area contributed by atoms with Crippen molar-refractivity contribution in [3.8, 4) is 0 Å². The topological polar surface area (TPSA) is 12.0 Å². The third kappa shape index (κ3) is 3.00. The van der Waals surface area contributed by atoms with E-state index in [1.54, 1.807) is 24.3 Å². The zero-order valence-corrected chi connectivity index (χ0v) is 11.5. The maximum absolute atomic E-state index is 13.7. The van der Waals surface area contributed by atoms with Gasteiger partial charge in [0.2, 0.25) is 0 Å². The molecule has 2 aromatic carbocycles. The predicted molar refractivity (Wildman–Crippen MR) is 72.8 cm³/mol. The number of rotatable bonds is 3. The second-order valence-corrected chi connectivity index (χ2v) is 4.98. The summed E-state index contributed by atoms with van der Waals surface area (Å²) < 4.78 is 27.4. The molecule has 18 heavy (non-hydrogen) atoms. The van der Waals surface area contributed by atoms with Gasteiger partial charge in [-0.15, -0.1) is 0 Å². The Hall–Kier alpha value is -1.13. The van der Waals surface area contributed by atoms with E-state index >= 15 is 0 Å². The van der Waals surface area contributed by atoms with E-state index in [2.05, 4.69) is 21.2 Å². The molecule has 94 valence electrons. The van der Waals surface area contributed by atoms with E-state index in [0.29, 0.717) is 10.7 Å². The molecule has 0 unspecified atom stereocenters. The van der Waals surface area contributed by atoms with E-state index in [1.807, 2.05) is 0 Å². The first-order valence-corrected chi connectivity index (χ1v) is 6.37. The van der Waals surface area contributed by atoms with E-state index in [0.717, 1.165) is 0 Å². The molecule has 5 heteroatoms. The molecule has 0 bridgehead atoms. The van der Waals surface area contributed by atoms with E-state index in [1.165, 1.54) is 12.1 Å². The summed E-state index contributed by atoms with van der Waals surface area (Å²) in [6.45, 7) is 0.0530. The second kappa shape index (κ2) is 5.67. The molecule has 0 fully saturated rings. The third-order valence-corrected chi connectivity index (χ3v) is 3.28. The molecule has 0 aromatic heterocycles. The Morgan fingerprint density at radius 3 is 2.67 bits per heavy atom. The summed E-state index contributed by atoms with van der Waals surface area (Å²) >= 11 is 8.85. The van der Waals surface area contributed by atoms with Crippen LogP contribution in [0.25, 0.3) is 0 Å². The highest BCUT2D eigenvalue weighted by atomic mass is 79.9. The number of hydrogen-bond donors (Lipinski definition) is 1. The normalized spacial score (nSPS) is 10.4. The van der Waals surface area contributed by atoms with E-state index in [-0.39, 0.29) is 16.6 Å².